The van der Waals surface area contributed by atoms with Gasteiger partial charge >= 0.3 is 0 Å². The molecule has 1 aliphatic rings. The Kier molecular flexibility index (Phi) is 6.89. The van der Waals surface area contributed by atoms with Crippen LogP contribution in [0.15, 0.2) is 35.2 Å². The van der Waals surface area contributed by atoms with Crippen LogP contribution in [0.5, 0.6) is 0 Å². The number of sulfonamides is 1. The largest absolute Gasteiger partial charge is 0.369 e. The van der Waals surface area contributed by atoms with Crippen molar-refractivity contribution in [1.82, 2.24) is 9.62 Å². The minimum atomic E-state index is -3.52. The molecule has 158 valence electrons. The molecule has 3 rings (SSSR count). The van der Waals surface area contributed by atoms with Crippen LogP contribution < -0.4 is 9.62 Å². The van der Waals surface area contributed by atoms with E-state index in [1.54, 1.807) is 0 Å². The van der Waals surface area contributed by atoms with Gasteiger partial charge in [-0.05, 0) is 74.2 Å². The molecule has 0 spiro atoms. The molecule has 7 heteroatoms. The quantitative estimate of drug-likeness (QED) is 0.752. The summed E-state index contributed by atoms with van der Waals surface area (Å²) in [6.07, 6.45) is 0. The second-order valence-electron chi connectivity index (χ2n) is 7.79. The standard InChI is InChI=1S/C22H30ClN3O2S/c1-16-15-17(2)19(4)22(18(16)3)29(27,28)24-9-10-25-11-13-26(14-12-25)21-7-5-20(23)6-8-21/h5-8,15,24H,9-14H2,1-4H3. The summed E-state index contributed by atoms with van der Waals surface area (Å²) >= 11 is 5.97. The molecule has 1 fully saturated rings. The van der Waals surface area contributed by atoms with Gasteiger partial charge in [0.25, 0.3) is 0 Å². The van der Waals surface area contributed by atoms with Crippen molar-refractivity contribution in [3.05, 3.63) is 57.6 Å². The van der Waals surface area contributed by atoms with E-state index < -0.39 is 10.0 Å². The average Bonchev–Trinajstić information content (AvgIpc) is 2.67. The van der Waals surface area contributed by atoms with E-state index >= 15 is 0 Å². The van der Waals surface area contributed by atoms with Crippen LogP contribution in [-0.4, -0.2) is 52.6 Å². The average molecular weight is 436 g/mol. The Morgan fingerprint density at radius 2 is 1.48 bits per heavy atom. The molecule has 0 aliphatic carbocycles. The van der Waals surface area contributed by atoms with Crippen LogP contribution in [0.4, 0.5) is 5.69 Å². The molecule has 0 amide bonds. The molecule has 0 bridgehead atoms. The lowest BCUT2D eigenvalue weighted by Gasteiger charge is -2.36. The van der Waals surface area contributed by atoms with Gasteiger partial charge in [-0.15, -0.1) is 0 Å². The Bertz CT molecular complexity index is 940. The maximum Gasteiger partial charge on any atom is 0.241 e. The van der Waals surface area contributed by atoms with E-state index in [1.165, 1.54) is 5.69 Å². The third-order valence-corrected chi connectivity index (χ3v) is 7.84. The lowest BCUT2D eigenvalue weighted by molar-refractivity contribution is 0.262. The van der Waals surface area contributed by atoms with Crippen molar-refractivity contribution in [2.75, 3.05) is 44.2 Å². The van der Waals surface area contributed by atoms with Crippen LogP contribution in [0.2, 0.25) is 5.02 Å². The zero-order valence-corrected chi connectivity index (χ0v) is 19.2. The molecule has 2 aromatic rings. The van der Waals surface area contributed by atoms with Gasteiger partial charge in [-0.2, -0.15) is 0 Å². The summed E-state index contributed by atoms with van der Waals surface area (Å²) in [7, 11) is -3.52. The van der Waals surface area contributed by atoms with E-state index in [0.717, 1.165) is 53.5 Å². The Hall–Kier alpha value is -1.60. The van der Waals surface area contributed by atoms with Gasteiger partial charge in [-0.25, -0.2) is 13.1 Å². The summed E-state index contributed by atoms with van der Waals surface area (Å²) in [4.78, 5) is 5.07. The summed E-state index contributed by atoms with van der Waals surface area (Å²) in [6, 6.07) is 9.95. The van der Waals surface area contributed by atoms with Crippen molar-refractivity contribution in [2.24, 2.45) is 0 Å². The summed E-state index contributed by atoms with van der Waals surface area (Å²) in [6.45, 7) is 12.5. The van der Waals surface area contributed by atoms with Crippen molar-refractivity contribution in [1.29, 1.82) is 0 Å². The zero-order valence-electron chi connectivity index (χ0n) is 17.6. The maximum absolute atomic E-state index is 12.9. The molecular weight excluding hydrogens is 406 g/mol. The molecule has 0 unspecified atom stereocenters. The van der Waals surface area contributed by atoms with Crippen LogP contribution in [0.3, 0.4) is 0 Å². The second-order valence-corrected chi connectivity index (χ2v) is 9.93. The predicted octanol–water partition coefficient (Wildman–Crippen LogP) is 3.67. The SMILES string of the molecule is Cc1cc(C)c(C)c(S(=O)(=O)NCCN2CCN(c3ccc(Cl)cc3)CC2)c1C. The summed E-state index contributed by atoms with van der Waals surface area (Å²) in [5.74, 6) is 0. The number of hydrogen-bond donors (Lipinski definition) is 1. The number of benzene rings is 2. The molecule has 29 heavy (non-hydrogen) atoms. The van der Waals surface area contributed by atoms with Gasteiger partial charge in [0.1, 0.15) is 0 Å². The Labute approximate surface area is 179 Å². The first-order valence-corrected chi connectivity index (χ1v) is 11.8. The van der Waals surface area contributed by atoms with E-state index in [0.29, 0.717) is 18.0 Å². The van der Waals surface area contributed by atoms with Gasteiger partial charge in [0.05, 0.1) is 4.90 Å². The molecule has 0 aromatic heterocycles. The Morgan fingerprint density at radius 1 is 0.931 bits per heavy atom. The normalized spacial score (nSPS) is 15.7. The molecule has 2 aromatic carbocycles. The Morgan fingerprint density at radius 3 is 2.03 bits per heavy atom. The number of halogens is 1. The van der Waals surface area contributed by atoms with Gasteiger partial charge in [-0.1, -0.05) is 17.7 Å². The number of nitrogens with one attached hydrogen (secondary N) is 1. The lowest BCUT2D eigenvalue weighted by atomic mass is 10.0. The van der Waals surface area contributed by atoms with Gasteiger partial charge in [-0.3, -0.25) is 4.90 Å². The first kappa shape index (κ1) is 22.1. The van der Waals surface area contributed by atoms with Gasteiger partial charge in [0.2, 0.25) is 10.0 Å². The van der Waals surface area contributed by atoms with Crippen molar-refractivity contribution in [2.45, 2.75) is 32.6 Å². The van der Waals surface area contributed by atoms with Gasteiger partial charge in [0, 0.05) is 50.0 Å². The van der Waals surface area contributed by atoms with E-state index in [9.17, 15) is 8.42 Å². The smallest absolute Gasteiger partial charge is 0.241 e. The lowest BCUT2D eigenvalue weighted by Crippen LogP contribution is -2.48. The monoisotopic (exact) mass is 435 g/mol. The molecule has 0 radical (unpaired) electrons. The number of hydrogen-bond acceptors (Lipinski definition) is 4. The minimum Gasteiger partial charge on any atom is -0.369 e. The Balaban J connectivity index is 1.55. The first-order valence-electron chi connectivity index (χ1n) is 9.99. The zero-order chi connectivity index (χ0) is 21.2. The number of piperazine rings is 1. The minimum absolute atomic E-state index is 0.412. The highest BCUT2D eigenvalue weighted by Gasteiger charge is 2.23. The second kappa shape index (κ2) is 9.04. The van der Waals surface area contributed by atoms with E-state index in [-0.39, 0.29) is 0 Å². The third-order valence-electron chi connectivity index (χ3n) is 5.85. The molecular formula is C22H30ClN3O2S. The highest BCUT2D eigenvalue weighted by Crippen LogP contribution is 2.26. The molecule has 1 N–H and O–H groups in total. The van der Waals surface area contributed by atoms with Crippen LogP contribution >= 0.6 is 11.6 Å². The van der Waals surface area contributed by atoms with E-state index in [1.807, 2.05) is 58.0 Å². The van der Waals surface area contributed by atoms with Gasteiger partial charge < -0.3 is 4.90 Å². The number of nitrogens with zero attached hydrogens (tertiary/aromatic N) is 2. The number of aryl methyl sites for hydroxylation is 2. The van der Waals surface area contributed by atoms with Crippen LogP contribution in [0.1, 0.15) is 22.3 Å². The fraction of sp³-hybridized carbons (Fsp3) is 0.455. The predicted molar refractivity (Wildman–Crippen MR) is 121 cm³/mol. The van der Waals surface area contributed by atoms with Crippen LogP contribution in [0.25, 0.3) is 0 Å². The van der Waals surface area contributed by atoms with E-state index in [4.69, 9.17) is 11.6 Å². The van der Waals surface area contributed by atoms with Crippen molar-refractivity contribution in [3.8, 4) is 0 Å². The van der Waals surface area contributed by atoms with Crippen LogP contribution in [-0.2, 0) is 10.0 Å². The first-order chi connectivity index (χ1) is 13.7. The summed E-state index contributed by atoms with van der Waals surface area (Å²) in [5, 5.41) is 0.744. The number of rotatable bonds is 6. The number of anilines is 1. The summed E-state index contributed by atoms with van der Waals surface area (Å²) < 4.78 is 28.7. The van der Waals surface area contributed by atoms with Crippen LogP contribution in [0, 0.1) is 27.7 Å². The highest BCUT2D eigenvalue weighted by atomic mass is 35.5. The van der Waals surface area contributed by atoms with Crippen molar-refractivity contribution in [3.63, 3.8) is 0 Å². The third kappa shape index (κ3) is 5.12. The fourth-order valence-corrected chi connectivity index (χ4v) is 5.63. The molecule has 1 aliphatic heterocycles. The fourth-order valence-electron chi connectivity index (χ4n) is 3.88. The highest BCUT2D eigenvalue weighted by molar-refractivity contribution is 7.89. The maximum atomic E-state index is 12.9. The van der Waals surface area contributed by atoms with Gasteiger partial charge in [0.15, 0.2) is 0 Å². The molecule has 1 saturated heterocycles. The summed E-state index contributed by atoms with van der Waals surface area (Å²) in [5.41, 5.74) is 4.85. The van der Waals surface area contributed by atoms with E-state index in [2.05, 4.69) is 14.5 Å². The molecule has 0 atom stereocenters. The van der Waals surface area contributed by atoms with Crippen molar-refractivity contribution < 1.29 is 8.42 Å². The molecule has 1 heterocycles. The molecule has 0 saturated carbocycles. The topological polar surface area (TPSA) is 52.7 Å². The molecule has 5 nitrogen and oxygen atoms in total. The van der Waals surface area contributed by atoms with Crippen molar-refractivity contribution >= 4 is 27.3 Å².